The molecule has 192 valence electrons. The molecule has 1 saturated heterocycles. The Labute approximate surface area is 219 Å². The van der Waals surface area contributed by atoms with Crippen LogP contribution in [-0.4, -0.2) is 43.5 Å². The molecule has 6 nitrogen and oxygen atoms in total. The minimum Gasteiger partial charge on any atom is -0.494 e. The minimum absolute atomic E-state index is 0. The summed E-state index contributed by atoms with van der Waals surface area (Å²) in [5.74, 6) is 0.245. The first-order chi connectivity index (χ1) is 17.2. The standard InChI is InChI=1S/C29H33NO5.ClH/c31-29(32)25-9-7-23(8-10-25)21-35-28-19-30-16-15-27(28)24-11-13-26(14-12-24)34-18-4-17-33-20-22-5-2-1-3-6-22;/h1-3,5-14,27-28,30H,4,15-21H2,(H,31,32);1H. The predicted molar refractivity (Wildman–Crippen MR) is 142 cm³/mol. The zero-order chi connectivity index (χ0) is 24.3. The van der Waals surface area contributed by atoms with E-state index in [1.165, 1.54) is 11.1 Å². The number of carboxylic acids is 1. The van der Waals surface area contributed by atoms with E-state index < -0.39 is 5.97 Å². The van der Waals surface area contributed by atoms with Gasteiger partial charge in [-0.1, -0.05) is 54.6 Å². The zero-order valence-corrected chi connectivity index (χ0v) is 21.1. The van der Waals surface area contributed by atoms with Gasteiger partial charge in [-0.3, -0.25) is 0 Å². The lowest BCUT2D eigenvalue weighted by molar-refractivity contribution is 0.0106. The molecule has 7 heteroatoms. The number of aromatic carboxylic acids is 1. The molecule has 4 rings (SSSR count). The summed E-state index contributed by atoms with van der Waals surface area (Å²) < 4.78 is 17.9. The molecular formula is C29H34ClNO5. The maximum atomic E-state index is 11.0. The third-order valence-electron chi connectivity index (χ3n) is 6.21. The fraction of sp³-hybridized carbons (Fsp3) is 0.345. The van der Waals surface area contributed by atoms with Gasteiger partial charge in [0, 0.05) is 18.9 Å². The second kappa shape index (κ2) is 14.6. The molecule has 1 fully saturated rings. The zero-order valence-electron chi connectivity index (χ0n) is 20.3. The summed E-state index contributed by atoms with van der Waals surface area (Å²) in [4.78, 5) is 11.0. The van der Waals surface area contributed by atoms with E-state index >= 15 is 0 Å². The van der Waals surface area contributed by atoms with E-state index in [9.17, 15) is 4.79 Å². The van der Waals surface area contributed by atoms with Crippen LogP contribution < -0.4 is 10.1 Å². The molecule has 3 aromatic rings. The topological polar surface area (TPSA) is 77.0 Å². The Morgan fingerprint density at radius 2 is 1.61 bits per heavy atom. The van der Waals surface area contributed by atoms with Gasteiger partial charge < -0.3 is 24.6 Å². The number of nitrogens with one attached hydrogen (secondary N) is 1. The largest absolute Gasteiger partial charge is 0.494 e. The van der Waals surface area contributed by atoms with E-state index in [1.54, 1.807) is 12.1 Å². The quantitative estimate of drug-likeness (QED) is 0.315. The van der Waals surface area contributed by atoms with Gasteiger partial charge in [0.15, 0.2) is 0 Å². The van der Waals surface area contributed by atoms with Gasteiger partial charge in [-0.15, -0.1) is 12.4 Å². The lowest BCUT2D eigenvalue weighted by atomic mass is 9.87. The molecule has 0 aliphatic carbocycles. The van der Waals surface area contributed by atoms with E-state index in [-0.39, 0.29) is 24.1 Å². The number of carboxylic acid groups (broad SMARTS) is 1. The third kappa shape index (κ3) is 8.35. The van der Waals surface area contributed by atoms with Gasteiger partial charge in [0.2, 0.25) is 0 Å². The second-order valence-electron chi connectivity index (χ2n) is 8.76. The van der Waals surface area contributed by atoms with Crippen LogP contribution in [0.15, 0.2) is 78.9 Å². The number of ether oxygens (including phenoxy) is 3. The molecular weight excluding hydrogens is 478 g/mol. The summed E-state index contributed by atoms with van der Waals surface area (Å²) >= 11 is 0. The van der Waals surface area contributed by atoms with E-state index in [0.29, 0.717) is 32.3 Å². The van der Waals surface area contributed by atoms with E-state index in [1.807, 2.05) is 42.5 Å². The summed E-state index contributed by atoms with van der Waals surface area (Å²) in [6.45, 7) is 4.12. The van der Waals surface area contributed by atoms with Crippen molar-refractivity contribution in [1.82, 2.24) is 5.32 Å². The monoisotopic (exact) mass is 511 g/mol. The average Bonchev–Trinajstić information content (AvgIpc) is 2.91. The van der Waals surface area contributed by atoms with Crippen molar-refractivity contribution in [1.29, 1.82) is 0 Å². The summed E-state index contributed by atoms with van der Waals surface area (Å²) in [5.41, 5.74) is 3.68. The summed E-state index contributed by atoms with van der Waals surface area (Å²) in [7, 11) is 0. The Morgan fingerprint density at radius 3 is 2.33 bits per heavy atom. The van der Waals surface area contributed by atoms with E-state index in [0.717, 1.165) is 37.2 Å². The highest BCUT2D eigenvalue weighted by atomic mass is 35.5. The molecule has 1 aliphatic heterocycles. The number of hydrogen-bond donors (Lipinski definition) is 2. The Kier molecular flexibility index (Phi) is 11.2. The van der Waals surface area contributed by atoms with Gasteiger partial charge in [0.1, 0.15) is 5.75 Å². The molecule has 2 N–H and O–H groups in total. The first-order valence-corrected chi connectivity index (χ1v) is 12.2. The molecule has 36 heavy (non-hydrogen) atoms. The summed E-state index contributed by atoms with van der Waals surface area (Å²) in [6, 6.07) is 25.4. The molecule has 2 unspecified atom stereocenters. The van der Waals surface area contributed by atoms with Gasteiger partial charge in [-0.05, 0) is 53.9 Å². The number of piperidine rings is 1. The maximum absolute atomic E-state index is 11.0. The highest BCUT2D eigenvalue weighted by Gasteiger charge is 2.27. The van der Waals surface area contributed by atoms with Gasteiger partial charge >= 0.3 is 5.97 Å². The molecule has 0 saturated carbocycles. The van der Waals surface area contributed by atoms with Crippen LogP contribution in [0.4, 0.5) is 0 Å². The highest BCUT2D eigenvalue weighted by molar-refractivity contribution is 5.87. The maximum Gasteiger partial charge on any atom is 0.335 e. The van der Waals surface area contributed by atoms with Crippen molar-refractivity contribution in [2.75, 3.05) is 26.3 Å². The van der Waals surface area contributed by atoms with Crippen molar-refractivity contribution in [2.24, 2.45) is 0 Å². The number of halogens is 1. The van der Waals surface area contributed by atoms with Crippen LogP contribution >= 0.6 is 12.4 Å². The van der Waals surface area contributed by atoms with Crippen molar-refractivity contribution in [2.45, 2.75) is 38.1 Å². The molecule has 0 bridgehead atoms. The summed E-state index contributed by atoms with van der Waals surface area (Å²) in [5, 5.41) is 12.5. The van der Waals surface area contributed by atoms with Gasteiger partial charge in [-0.25, -0.2) is 4.79 Å². The fourth-order valence-corrected chi connectivity index (χ4v) is 4.26. The molecule has 0 amide bonds. The smallest absolute Gasteiger partial charge is 0.335 e. The van der Waals surface area contributed by atoms with Crippen molar-refractivity contribution >= 4 is 18.4 Å². The van der Waals surface area contributed by atoms with Crippen LogP contribution in [0, 0.1) is 0 Å². The average molecular weight is 512 g/mol. The predicted octanol–water partition coefficient (Wildman–Crippen LogP) is 5.45. The van der Waals surface area contributed by atoms with Crippen LogP contribution in [-0.2, 0) is 22.7 Å². The SMILES string of the molecule is Cl.O=C(O)c1ccc(COC2CNCCC2c2ccc(OCCCOCc3ccccc3)cc2)cc1. The third-order valence-corrected chi connectivity index (χ3v) is 6.21. The lowest BCUT2D eigenvalue weighted by Crippen LogP contribution is -2.40. The van der Waals surface area contributed by atoms with Gasteiger partial charge in [0.25, 0.3) is 0 Å². The Morgan fingerprint density at radius 1 is 0.889 bits per heavy atom. The molecule has 1 aliphatic rings. The second-order valence-corrected chi connectivity index (χ2v) is 8.76. The summed E-state index contributed by atoms with van der Waals surface area (Å²) in [6.07, 6.45) is 1.89. The van der Waals surface area contributed by atoms with Crippen LogP contribution in [0.25, 0.3) is 0 Å². The first-order valence-electron chi connectivity index (χ1n) is 12.2. The van der Waals surface area contributed by atoms with E-state index in [2.05, 4.69) is 29.6 Å². The minimum atomic E-state index is -0.919. The molecule has 2 atom stereocenters. The number of carbonyl (C=O) groups is 1. The van der Waals surface area contributed by atoms with Crippen LogP contribution in [0.5, 0.6) is 5.75 Å². The molecule has 1 heterocycles. The normalized spacial score (nSPS) is 17.2. The number of benzene rings is 3. The van der Waals surface area contributed by atoms with Crippen LogP contribution in [0.2, 0.25) is 0 Å². The number of rotatable bonds is 12. The van der Waals surface area contributed by atoms with Crippen molar-refractivity contribution in [3.05, 3.63) is 101 Å². The van der Waals surface area contributed by atoms with Crippen molar-refractivity contribution in [3.8, 4) is 5.75 Å². The van der Waals surface area contributed by atoms with E-state index in [4.69, 9.17) is 19.3 Å². The van der Waals surface area contributed by atoms with Crippen LogP contribution in [0.3, 0.4) is 0 Å². The Bertz CT molecular complexity index is 1040. The van der Waals surface area contributed by atoms with Gasteiger partial charge in [0.05, 0.1) is 38.1 Å². The molecule has 3 aromatic carbocycles. The first kappa shape index (κ1) is 27.7. The number of hydrogen-bond acceptors (Lipinski definition) is 5. The Hall–Kier alpha value is -2.90. The van der Waals surface area contributed by atoms with Crippen molar-refractivity contribution in [3.63, 3.8) is 0 Å². The fourth-order valence-electron chi connectivity index (χ4n) is 4.26. The van der Waals surface area contributed by atoms with Crippen molar-refractivity contribution < 1.29 is 24.1 Å². The van der Waals surface area contributed by atoms with Gasteiger partial charge in [-0.2, -0.15) is 0 Å². The van der Waals surface area contributed by atoms with Crippen LogP contribution in [0.1, 0.15) is 45.8 Å². The Balaban J connectivity index is 0.00000361. The molecule has 0 spiro atoms. The lowest BCUT2D eigenvalue weighted by Gasteiger charge is -2.32. The molecule has 0 aromatic heterocycles. The molecule has 0 radical (unpaired) electrons. The highest BCUT2D eigenvalue weighted by Crippen LogP contribution is 2.29.